The number of nitrogens with two attached hydrogens (primary N) is 2. The van der Waals surface area contributed by atoms with Crippen LogP contribution in [0.3, 0.4) is 0 Å². The molecule has 1 unspecified atom stereocenters. The molecule has 0 radical (unpaired) electrons. The zero-order valence-corrected chi connectivity index (χ0v) is 17.4. The third-order valence-corrected chi connectivity index (χ3v) is 4.83. The Morgan fingerprint density at radius 2 is 1.55 bits per heavy atom. The van der Waals surface area contributed by atoms with Gasteiger partial charge in [0.05, 0.1) is 17.6 Å². The number of nitrogens with zero attached hydrogens (tertiary/aromatic N) is 2. The quantitative estimate of drug-likeness (QED) is 0.381. The lowest BCUT2D eigenvalue weighted by molar-refractivity contribution is -0.123. The molecule has 1 heterocycles. The molecule has 1 atom stereocenters. The van der Waals surface area contributed by atoms with Crippen LogP contribution in [0.1, 0.15) is 6.42 Å². The summed E-state index contributed by atoms with van der Waals surface area (Å²) in [6.07, 6.45) is -0.281. The summed E-state index contributed by atoms with van der Waals surface area (Å²) in [5, 5.41) is 3.60. The molecule has 9 heteroatoms. The first-order chi connectivity index (χ1) is 15.9. The molecule has 0 fully saturated rings. The number of nitrogens with one attached hydrogen (secondary N) is 1. The third-order valence-electron chi connectivity index (χ3n) is 4.83. The Hall–Kier alpha value is -4.53. The number of aromatic nitrogens is 2. The lowest BCUT2D eigenvalue weighted by Gasteiger charge is -2.15. The summed E-state index contributed by atoms with van der Waals surface area (Å²) in [7, 11) is 0. The molecule has 1 aromatic heterocycles. The Bertz CT molecular complexity index is 1310. The fraction of sp³-hybridized carbons (Fsp3) is 0.0833. The van der Waals surface area contributed by atoms with E-state index in [-0.39, 0.29) is 18.2 Å². The highest BCUT2D eigenvalue weighted by atomic mass is 19.1. The van der Waals surface area contributed by atoms with Crippen molar-refractivity contribution in [1.29, 1.82) is 0 Å². The largest absolute Gasteiger partial charge is 0.457 e. The van der Waals surface area contributed by atoms with Gasteiger partial charge >= 0.3 is 0 Å². The van der Waals surface area contributed by atoms with Gasteiger partial charge in [-0.3, -0.25) is 9.59 Å². The number of benzene rings is 3. The van der Waals surface area contributed by atoms with Crippen molar-refractivity contribution in [3.63, 3.8) is 0 Å². The number of rotatable bonds is 8. The average molecular weight is 445 g/mol. The maximum Gasteiger partial charge on any atom is 0.240 e. The van der Waals surface area contributed by atoms with Crippen LogP contribution in [0.25, 0.3) is 22.2 Å². The summed E-state index contributed by atoms with van der Waals surface area (Å²) in [5.41, 5.74) is 12.6. The monoisotopic (exact) mass is 445 g/mol. The van der Waals surface area contributed by atoms with Gasteiger partial charge in [0.1, 0.15) is 23.4 Å². The predicted octanol–water partition coefficient (Wildman–Crippen LogP) is 3.37. The molecular formula is C24H20FN5O3. The SMILES string of the molecule is NC(=O)CC(Nc1nc(-c2ccc(Oc3ccc(F)cc3)cc2)c2ccccc2n1)C(N)=O. The normalized spacial score (nSPS) is 11.7. The van der Waals surface area contributed by atoms with Crippen LogP contribution in [0.2, 0.25) is 0 Å². The zero-order valence-electron chi connectivity index (χ0n) is 17.4. The second-order valence-corrected chi connectivity index (χ2v) is 7.26. The molecule has 166 valence electrons. The highest BCUT2D eigenvalue weighted by Crippen LogP contribution is 2.30. The molecule has 0 aliphatic heterocycles. The number of carbonyl (C=O) groups excluding carboxylic acids is 2. The molecule has 0 saturated carbocycles. The van der Waals surface area contributed by atoms with E-state index in [4.69, 9.17) is 16.2 Å². The van der Waals surface area contributed by atoms with Gasteiger partial charge < -0.3 is 21.5 Å². The van der Waals surface area contributed by atoms with Gasteiger partial charge in [0, 0.05) is 10.9 Å². The van der Waals surface area contributed by atoms with Crippen LogP contribution in [-0.2, 0) is 9.59 Å². The average Bonchev–Trinajstić information content (AvgIpc) is 2.80. The molecule has 0 bridgehead atoms. The van der Waals surface area contributed by atoms with Crippen molar-refractivity contribution in [2.24, 2.45) is 11.5 Å². The smallest absolute Gasteiger partial charge is 0.240 e. The standard InChI is InChI=1S/C24H20FN5O3/c25-15-7-11-17(12-8-15)33-16-9-5-14(6-10-16)22-18-3-1-2-4-19(18)28-24(30-22)29-20(23(27)32)13-21(26)31/h1-12,20H,13H2,(H2,26,31)(H2,27,32)(H,28,29,30). The first-order valence-electron chi connectivity index (χ1n) is 10.0. The van der Waals surface area contributed by atoms with E-state index in [9.17, 15) is 14.0 Å². The van der Waals surface area contributed by atoms with Crippen LogP contribution in [0.15, 0.2) is 72.8 Å². The predicted molar refractivity (Wildman–Crippen MR) is 122 cm³/mol. The molecular weight excluding hydrogens is 425 g/mol. The Balaban J connectivity index is 1.66. The van der Waals surface area contributed by atoms with Crippen LogP contribution in [-0.4, -0.2) is 27.8 Å². The van der Waals surface area contributed by atoms with Crippen molar-refractivity contribution in [2.75, 3.05) is 5.32 Å². The van der Waals surface area contributed by atoms with Crippen molar-refractivity contribution in [3.05, 3.63) is 78.6 Å². The summed E-state index contributed by atoms with van der Waals surface area (Å²) in [5.74, 6) is -0.543. The molecule has 0 aliphatic carbocycles. The number of hydrogen-bond donors (Lipinski definition) is 3. The highest BCUT2D eigenvalue weighted by Gasteiger charge is 2.20. The maximum atomic E-state index is 13.1. The number of anilines is 1. The van der Waals surface area contributed by atoms with E-state index in [2.05, 4.69) is 15.3 Å². The third kappa shape index (κ3) is 5.21. The second-order valence-electron chi connectivity index (χ2n) is 7.26. The van der Waals surface area contributed by atoms with Gasteiger partial charge in [-0.25, -0.2) is 14.4 Å². The van der Waals surface area contributed by atoms with Crippen molar-refractivity contribution >= 4 is 28.7 Å². The van der Waals surface area contributed by atoms with Crippen LogP contribution in [0, 0.1) is 5.82 Å². The number of halogens is 1. The summed E-state index contributed by atoms with van der Waals surface area (Å²) in [4.78, 5) is 32.0. The number of para-hydroxylation sites is 1. The van der Waals surface area contributed by atoms with Crippen molar-refractivity contribution in [3.8, 4) is 22.8 Å². The molecule has 3 aromatic carbocycles. The molecule has 0 spiro atoms. The van der Waals surface area contributed by atoms with E-state index in [1.165, 1.54) is 12.1 Å². The van der Waals surface area contributed by atoms with Crippen LogP contribution < -0.4 is 21.5 Å². The summed E-state index contributed by atoms with van der Waals surface area (Å²) >= 11 is 0. The minimum absolute atomic E-state index is 0.139. The Morgan fingerprint density at radius 1 is 0.909 bits per heavy atom. The molecule has 2 amide bonds. The number of carbonyl (C=O) groups is 2. The van der Waals surface area contributed by atoms with Gasteiger partial charge in [0.25, 0.3) is 0 Å². The minimum atomic E-state index is -1.04. The van der Waals surface area contributed by atoms with E-state index < -0.39 is 17.9 Å². The Kier molecular flexibility index (Phi) is 6.12. The second kappa shape index (κ2) is 9.31. The first kappa shape index (κ1) is 21.7. The first-order valence-corrected chi connectivity index (χ1v) is 10.0. The number of ether oxygens (including phenoxy) is 1. The van der Waals surface area contributed by atoms with Gasteiger partial charge in [0.2, 0.25) is 17.8 Å². The van der Waals surface area contributed by atoms with Gasteiger partial charge in [-0.1, -0.05) is 18.2 Å². The molecule has 8 nitrogen and oxygen atoms in total. The van der Waals surface area contributed by atoms with Gasteiger partial charge in [-0.05, 0) is 54.6 Å². The van der Waals surface area contributed by atoms with E-state index >= 15 is 0 Å². The Labute approximate surface area is 188 Å². The van der Waals surface area contributed by atoms with E-state index in [0.29, 0.717) is 22.7 Å². The maximum absolute atomic E-state index is 13.1. The van der Waals surface area contributed by atoms with Gasteiger partial charge in [0.15, 0.2) is 0 Å². The molecule has 4 aromatic rings. The lowest BCUT2D eigenvalue weighted by atomic mass is 10.1. The van der Waals surface area contributed by atoms with E-state index in [0.717, 1.165) is 10.9 Å². The van der Waals surface area contributed by atoms with Crippen LogP contribution >= 0.6 is 0 Å². The van der Waals surface area contributed by atoms with Gasteiger partial charge in [-0.15, -0.1) is 0 Å². The molecule has 33 heavy (non-hydrogen) atoms. The van der Waals surface area contributed by atoms with E-state index in [1.807, 2.05) is 36.4 Å². The minimum Gasteiger partial charge on any atom is -0.457 e. The number of fused-ring (bicyclic) bond motifs is 1. The highest BCUT2D eigenvalue weighted by molar-refractivity contribution is 5.94. The molecule has 0 saturated heterocycles. The summed E-state index contributed by atoms with van der Waals surface area (Å²) in [6.45, 7) is 0. The number of amides is 2. The summed E-state index contributed by atoms with van der Waals surface area (Å²) < 4.78 is 18.8. The van der Waals surface area contributed by atoms with Crippen molar-refractivity contribution in [2.45, 2.75) is 12.5 Å². The fourth-order valence-corrected chi connectivity index (χ4v) is 3.26. The number of hydrogen-bond acceptors (Lipinski definition) is 6. The van der Waals surface area contributed by atoms with Crippen molar-refractivity contribution < 1.29 is 18.7 Å². The zero-order chi connectivity index (χ0) is 23.4. The molecule has 4 rings (SSSR count). The Morgan fingerprint density at radius 3 is 2.18 bits per heavy atom. The van der Waals surface area contributed by atoms with Crippen molar-refractivity contribution in [1.82, 2.24) is 9.97 Å². The fourth-order valence-electron chi connectivity index (χ4n) is 3.26. The van der Waals surface area contributed by atoms with Crippen LogP contribution in [0.4, 0.5) is 10.3 Å². The lowest BCUT2D eigenvalue weighted by Crippen LogP contribution is -2.39. The van der Waals surface area contributed by atoms with Crippen LogP contribution in [0.5, 0.6) is 11.5 Å². The number of primary amides is 2. The van der Waals surface area contributed by atoms with Gasteiger partial charge in [-0.2, -0.15) is 0 Å². The topological polar surface area (TPSA) is 133 Å². The molecule has 5 N–H and O–H groups in total. The molecule has 0 aliphatic rings. The summed E-state index contributed by atoms with van der Waals surface area (Å²) in [6, 6.07) is 19.3. The van der Waals surface area contributed by atoms with E-state index in [1.54, 1.807) is 24.3 Å².